The van der Waals surface area contributed by atoms with Crippen LogP contribution in [-0.4, -0.2) is 31.2 Å². The van der Waals surface area contributed by atoms with Crippen LogP contribution in [0.1, 0.15) is 52.5 Å². The molecule has 1 fully saturated rings. The van der Waals surface area contributed by atoms with E-state index in [9.17, 15) is 4.79 Å². The molecule has 3 aromatic heterocycles. The zero-order valence-corrected chi connectivity index (χ0v) is 17.0. The van der Waals surface area contributed by atoms with Crippen LogP contribution in [0.25, 0.3) is 22.2 Å². The Bertz CT molecular complexity index is 1030. The van der Waals surface area contributed by atoms with Crippen LogP contribution >= 0.6 is 0 Å². The van der Waals surface area contributed by atoms with Gasteiger partial charge in [0.05, 0.1) is 5.39 Å². The monoisotopic (exact) mass is 394 g/mol. The first-order valence-corrected chi connectivity index (χ1v) is 9.89. The first-order chi connectivity index (χ1) is 13.8. The molecule has 8 nitrogen and oxygen atoms in total. The van der Waals surface area contributed by atoms with Gasteiger partial charge in [0.2, 0.25) is 0 Å². The number of fused-ring (bicyclic) bond motifs is 1. The Morgan fingerprint density at radius 3 is 2.62 bits per heavy atom. The molecule has 152 valence electrons. The van der Waals surface area contributed by atoms with Crippen molar-refractivity contribution in [2.24, 2.45) is 0 Å². The van der Waals surface area contributed by atoms with Gasteiger partial charge in [-0.3, -0.25) is 5.32 Å². The molecule has 3 heterocycles. The van der Waals surface area contributed by atoms with Crippen molar-refractivity contribution < 1.29 is 9.53 Å². The number of ether oxygens (including phenoxy) is 1. The first-order valence-electron chi connectivity index (χ1n) is 9.89. The fraction of sp³-hybridized carbons (Fsp3) is 0.429. The van der Waals surface area contributed by atoms with Crippen molar-refractivity contribution >= 4 is 28.8 Å². The molecule has 0 aromatic carbocycles. The summed E-state index contributed by atoms with van der Waals surface area (Å²) in [6, 6.07) is 4.08. The van der Waals surface area contributed by atoms with Crippen molar-refractivity contribution in [3.8, 4) is 11.1 Å². The van der Waals surface area contributed by atoms with E-state index in [2.05, 4.69) is 31.0 Å². The highest BCUT2D eigenvalue weighted by Gasteiger charge is 2.23. The summed E-state index contributed by atoms with van der Waals surface area (Å²) in [7, 11) is 0. The number of amides is 1. The highest BCUT2D eigenvalue weighted by molar-refractivity contribution is 6.00. The number of anilines is 2. The minimum Gasteiger partial charge on any atom is -0.444 e. The van der Waals surface area contributed by atoms with Gasteiger partial charge < -0.3 is 15.0 Å². The van der Waals surface area contributed by atoms with Gasteiger partial charge in [0.15, 0.2) is 0 Å². The molecule has 0 unspecified atom stereocenters. The number of nitrogens with zero attached hydrogens (tertiary/aromatic N) is 4. The van der Waals surface area contributed by atoms with E-state index in [4.69, 9.17) is 10.5 Å². The molecular formula is C21H26N6O2. The van der Waals surface area contributed by atoms with Crippen molar-refractivity contribution in [3.05, 3.63) is 30.9 Å². The van der Waals surface area contributed by atoms with Crippen LogP contribution in [0.3, 0.4) is 0 Å². The van der Waals surface area contributed by atoms with Crippen LogP contribution in [0.4, 0.5) is 16.4 Å². The summed E-state index contributed by atoms with van der Waals surface area (Å²) in [6.45, 7) is 5.45. The topological polar surface area (TPSA) is 108 Å². The third kappa shape index (κ3) is 4.01. The van der Waals surface area contributed by atoms with Gasteiger partial charge in [-0.25, -0.2) is 19.7 Å². The molecule has 0 aliphatic heterocycles. The summed E-state index contributed by atoms with van der Waals surface area (Å²) in [5.41, 5.74) is 8.33. The van der Waals surface area contributed by atoms with Gasteiger partial charge >= 0.3 is 6.09 Å². The summed E-state index contributed by atoms with van der Waals surface area (Å²) < 4.78 is 7.49. The second kappa shape index (κ2) is 7.35. The number of pyridine rings is 1. The van der Waals surface area contributed by atoms with E-state index in [-0.39, 0.29) is 0 Å². The molecule has 3 N–H and O–H groups in total. The quantitative estimate of drug-likeness (QED) is 0.675. The number of hydrogen-bond acceptors (Lipinski definition) is 6. The molecule has 1 aliphatic carbocycles. The van der Waals surface area contributed by atoms with Crippen molar-refractivity contribution in [1.82, 2.24) is 19.5 Å². The minimum atomic E-state index is -0.566. The number of carbonyl (C=O) groups is 1. The maximum absolute atomic E-state index is 11.9. The number of aromatic nitrogens is 4. The average Bonchev–Trinajstić information content (AvgIpc) is 3.29. The zero-order valence-electron chi connectivity index (χ0n) is 17.0. The van der Waals surface area contributed by atoms with Crippen LogP contribution in [0.15, 0.2) is 30.9 Å². The third-order valence-corrected chi connectivity index (χ3v) is 5.06. The molecule has 1 aliphatic rings. The second-order valence-corrected chi connectivity index (χ2v) is 8.40. The van der Waals surface area contributed by atoms with Gasteiger partial charge in [0.25, 0.3) is 0 Å². The number of rotatable bonds is 3. The van der Waals surface area contributed by atoms with Crippen LogP contribution < -0.4 is 11.1 Å². The molecule has 0 saturated heterocycles. The number of nitrogens with one attached hydrogen (secondary N) is 1. The maximum Gasteiger partial charge on any atom is 0.413 e. The highest BCUT2D eigenvalue weighted by Crippen LogP contribution is 2.38. The molecule has 0 atom stereocenters. The Labute approximate surface area is 169 Å². The van der Waals surface area contributed by atoms with Crippen LogP contribution in [-0.2, 0) is 4.74 Å². The Kier molecular flexibility index (Phi) is 4.86. The molecule has 8 heteroatoms. The maximum atomic E-state index is 11.9. The smallest absolute Gasteiger partial charge is 0.413 e. The van der Waals surface area contributed by atoms with Gasteiger partial charge in [-0.05, 0) is 45.7 Å². The van der Waals surface area contributed by atoms with E-state index in [1.165, 1.54) is 19.2 Å². The van der Waals surface area contributed by atoms with Crippen molar-refractivity contribution in [2.75, 3.05) is 11.1 Å². The lowest BCUT2D eigenvalue weighted by Crippen LogP contribution is -2.27. The molecule has 0 radical (unpaired) electrons. The molecule has 29 heavy (non-hydrogen) atoms. The number of nitrogens with two attached hydrogens (primary N) is 1. The first kappa shape index (κ1) is 19.2. The van der Waals surface area contributed by atoms with E-state index >= 15 is 0 Å². The molecular weight excluding hydrogens is 368 g/mol. The standard InChI is InChI=1S/C21H26N6O2/c1-21(2,3)29-20(28)26-16-9-8-13(10-23-16)15-11-27(14-6-4-5-7-14)19-17(15)18(22)24-12-25-19/h8-12,14H,4-7H2,1-3H3,(H2,22,24,25)(H,23,26,28). The zero-order chi connectivity index (χ0) is 20.6. The predicted octanol–water partition coefficient (Wildman–Crippen LogP) is 4.54. The minimum absolute atomic E-state index is 0.423. The summed E-state index contributed by atoms with van der Waals surface area (Å²) in [5, 5.41) is 3.49. The van der Waals surface area contributed by atoms with Crippen molar-refractivity contribution in [1.29, 1.82) is 0 Å². The van der Waals surface area contributed by atoms with Crippen LogP contribution in [0.2, 0.25) is 0 Å². The Morgan fingerprint density at radius 2 is 1.97 bits per heavy atom. The predicted molar refractivity (Wildman–Crippen MR) is 113 cm³/mol. The van der Waals surface area contributed by atoms with E-state index in [0.717, 1.165) is 35.0 Å². The Hall–Kier alpha value is -3.16. The van der Waals surface area contributed by atoms with E-state index in [1.807, 2.05) is 26.8 Å². The highest BCUT2D eigenvalue weighted by atomic mass is 16.6. The van der Waals surface area contributed by atoms with E-state index in [1.54, 1.807) is 12.3 Å². The molecule has 1 saturated carbocycles. The fourth-order valence-electron chi connectivity index (χ4n) is 3.82. The van der Waals surface area contributed by atoms with Crippen LogP contribution in [0, 0.1) is 0 Å². The summed E-state index contributed by atoms with van der Waals surface area (Å²) >= 11 is 0. The number of nitrogen functional groups attached to an aromatic ring is 1. The molecule has 1 amide bonds. The lowest BCUT2D eigenvalue weighted by molar-refractivity contribution is 0.0635. The van der Waals surface area contributed by atoms with Gasteiger partial charge in [0.1, 0.15) is 29.2 Å². The van der Waals surface area contributed by atoms with Gasteiger partial charge in [0, 0.05) is 29.6 Å². The van der Waals surface area contributed by atoms with Gasteiger partial charge in [-0.2, -0.15) is 0 Å². The van der Waals surface area contributed by atoms with Crippen molar-refractivity contribution in [3.63, 3.8) is 0 Å². The molecule has 4 rings (SSSR count). The molecule has 3 aromatic rings. The summed E-state index contributed by atoms with van der Waals surface area (Å²) in [4.78, 5) is 25.0. The van der Waals surface area contributed by atoms with Gasteiger partial charge in [-0.1, -0.05) is 12.8 Å². The van der Waals surface area contributed by atoms with Gasteiger partial charge in [-0.15, -0.1) is 0 Å². The van der Waals surface area contributed by atoms with Crippen molar-refractivity contribution in [2.45, 2.75) is 58.1 Å². The normalized spacial score (nSPS) is 15.0. The fourth-order valence-corrected chi connectivity index (χ4v) is 3.82. The summed E-state index contributed by atoms with van der Waals surface area (Å²) in [5.74, 6) is 0.879. The average molecular weight is 394 g/mol. The Balaban J connectivity index is 1.65. The van der Waals surface area contributed by atoms with E-state index in [0.29, 0.717) is 17.7 Å². The third-order valence-electron chi connectivity index (χ3n) is 5.06. The molecule has 0 bridgehead atoms. The number of carbonyl (C=O) groups excluding carboxylic acids is 1. The Morgan fingerprint density at radius 1 is 1.21 bits per heavy atom. The summed E-state index contributed by atoms with van der Waals surface area (Å²) in [6.07, 6.45) is 9.54. The SMILES string of the molecule is CC(C)(C)OC(=O)Nc1ccc(-c2cn(C3CCCC3)c3ncnc(N)c23)cn1. The van der Waals surface area contributed by atoms with E-state index < -0.39 is 11.7 Å². The lowest BCUT2D eigenvalue weighted by atomic mass is 10.1. The second-order valence-electron chi connectivity index (χ2n) is 8.40. The number of hydrogen-bond donors (Lipinski definition) is 2. The largest absolute Gasteiger partial charge is 0.444 e. The molecule has 0 spiro atoms. The van der Waals surface area contributed by atoms with Crippen LogP contribution in [0.5, 0.6) is 0 Å². The lowest BCUT2D eigenvalue weighted by Gasteiger charge is -2.19.